The molecule has 0 fully saturated rings. The highest BCUT2D eigenvalue weighted by molar-refractivity contribution is 5.95. The second-order valence-corrected chi connectivity index (χ2v) is 8.98. The van der Waals surface area contributed by atoms with E-state index in [0.29, 0.717) is 17.7 Å². The summed E-state index contributed by atoms with van der Waals surface area (Å²) in [5.41, 5.74) is 2.86. The van der Waals surface area contributed by atoms with Crippen LogP contribution in [0.4, 0.5) is 4.39 Å². The molecule has 2 heterocycles. The summed E-state index contributed by atoms with van der Waals surface area (Å²) in [6, 6.07) is 14.3. The summed E-state index contributed by atoms with van der Waals surface area (Å²) < 4.78 is 13.3. The van der Waals surface area contributed by atoms with Crippen LogP contribution in [0, 0.1) is 11.7 Å². The number of fused-ring (bicyclic) bond motifs is 1. The zero-order valence-electron chi connectivity index (χ0n) is 18.6. The van der Waals surface area contributed by atoms with Crippen molar-refractivity contribution in [2.45, 2.75) is 45.8 Å². The fraction of sp³-hybridized carbons (Fsp3) is 0.320. The number of carbonyl (C=O) groups excluding carboxylic acids is 2. The van der Waals surface area contributed by atoms with Crippen LogP contribution in [0.2, 0.25) is 0 Å². The monoisotopic (exact) mass is 434 g/mol. The molecule has 0 bridgehead atoms. The summed E-state index contributed by atoms with van der Waals surface area (Å²) in [7, 11) is 0. The summed E-state index contributed by atoms with van der Waals surface area (Å²) in [5, 5.41) is 10.8. The maximum Gasteiger partial charge on any atom is 0.254 e. The highest BCUT2D eigenvalue weighted by Gasteiger charge is 2.45. The molecule has 0 aliphatic carbocycles. The molecular weight excluding hydrogens is 407 g/mol. The van der Waals surface area contributed by atoms with Crippen molar-refractivity contribution in [3.05, 3.63) is 88.5 Å². The Morgan fingerprint density at radius 3 is 2.34 bits per heavy atom. The van der Waals surface area contributed by atoms with Crippen molar-refractivity contribution in [1.82, 2.24) is 20.4 Å². The maximum absolute atomic E-state index is 13.3. The van der Waals surface area contributed by atoms with Gasteiger partial charge in [0.1, 0.15) is 5.82 Å². The van der Waals surface area contributed by atoms with Crippen LogP contribution in [0.5, 0.6) is 0 Å². The molecule has 7 heteroatoms. The number of carbonyl (C=O) groups is 2. The van der Waals surface area contributed by atoms with Crippen molar-refractivity contribution in [2.75, 3.05) is 0 Å². The normalized spacial score (nSPS) is 15.5. The Bertz CT molecular complexity index is 1140. The first-order chi connectivity index (χ1) is 15.2. The van der Waals surface area contributed by atoms with Gasteiger partial charge in [0.25, 0.3) is 11.8 Å². The van der Waals surface area contributed by atoms with E-state index in [-0.39, 0.29) is 29.6 Å². The van der Waals surface area contributed by atoms with Gasteiger partial charge in [-0.15, -0.1) is 0 Å². The molecule has 0 saturated carbocycles. The van der Waals surface area contributed by atoms with E-state index in [1.165, 1.54) is 24.3 Å². The molecule has 1 aliphatic rings. The van der Waals surface area contributed by atoms with E-state index in [2.05, 4.69) is 15.5 Å². The first kappa shape index (κ1) is 21.7. The van der Waals surface area contributed by atoms with Gasteiger partial charge in [0, 0.05) is 16.7 Å². The van der Waals surface area contributed by atoms with Gasteiger partial charge in [0.05, 0.1) is 29.5 Å². The number of benzene rings is 2. The van der Waals surface area contributed by atoms with Crippen molar-refractivity contribution < 1.29 is 14.0 Å². The number of hydrogen-bond donors (Lipinski definition) is 2. The molecule has 1 atom stereocenters. The molecule has 2 amide bonds. The Balaban J connectivity index is 1.63. The number of amides is 2. The topological polar surface area (TPSA) is 78.1 Å². The molecule has 2 aromatic carbocycles. The van der Waals surface area contributed by atoms with E-state index < -0.39 is 5.54 Å². The number of rotatable bonds is 5. The first-order valence-electron chi connectivity index (χ1n) is 10.7. The molecule has 1 aliphatic heterocycles. The van der Waals surface area contributed by atoms with E-state index in [1.807, 2.05) is 45.9 Å². The maximum atomic E-state index is 13.3. The van der Waals surface area contributed by atoms with Crippen molar-refractivity contribution in [3.63, 3.8) is 0 Å². The second kappa shape index (κ2) is 8.22. The van der Waals surface area contributed by atoms with E-state index in [9.17, 15) is 14.0 Å². The number of nitrogens with zero attached hydrogens (tertiary/aromatic N) is 2. The average Bonchev–Trinajstić information content (AvgIpc) is 3.30. The Labute approximate surface area is 186 Å². The van der Waals surface area contributed by atoms with Gasteiger partial charge in [-0.2, -0.15) is 5.10 Å². The fourth-order valence-corrected chi connectivity index (χ4v) is 4.25. The van der Waals surface area contributed by atoms with E-state index in [4.69, 9.17) is 0 Å². The molecule has 0 saturated heterocycles. The fourth-order valence-electron chi connectivity index (χ4n) is 4.25. The summed E-state index contributed by atoms with van der Waals surface area (Å²) in [5.74, 6) is -0.638. The lowest BCUT2D eigenvalue weighted by molar-refractivity contribution is 0.0566. The van der Waals surface area contributed by atoms with Crippen molar-refractivity contribution in [2.24, 2.45) is 5.92 Å². The lowest BCUT2D eigenvalue weighted by Crippen LogP contribution is -2.41. The third-order valence-corrected chi connectivity index (χ3v) is 6.11. The zero-order chi connectivity index (χ0) is 23.0. The summed E-state index contributed by atoms with van der Waals surface area (Å²) >= 11 is 0. The zero-order valence-corrected chi connectivity index (χ0v) is 18.6. The SMILES string of the molecule is CC(C)C(NC(=O)c1ccccc1)c1[nH]nc2c1CN(C(=O)c1ccc(F)cc1)C2(C)C. The van der Waals surface area contributed by atoms with Gasteiger partial charge in [-0.25, -0.2) is 4.39 Å². The number of hydrogen-bond acceptors (Lipinski definition) is 3. The molecule has 3 aromatic rings. The van der Waals surface area contributed by atoms with E-state index >= 15 is 0 Å². The Morgan fingerprint density at radius 2 is 1.72 bits per heavy atom. The van der Waals surface area contributed by atoms with Gasteiger partial charge in [0.15, 0.2) is 0 Å². The lowest BCUT2D eigenvalue weighted by Gasteiger charge is -2.31. The van der Waals surface area contributed by atoms with Crippen LogP contribution in [-0.2, 0) is 12.1 Å². The summed E-state index contributed by atoms with van der Waals surface area (Å²) in [6.07, 6.45) is 0. The largest absolute Gasteiger partial charge is 0.343 e. The van der Waals surface area contributed by atoms with Crippen molar-refractivity contribution in [1.29, 1.82) is 0 Å². The quantitative estimate of drug-likeness (QED) is 0.618. The van der Waals surface area contributed by atoms with Crippen LogP contribution in [0.3, 0.4) is 0 Å². The molecule has 2 N–H and O–H groups in total. The van der Waals surface area contributed by atoms with Gasteiger partial charge >= 0.3 is 0 Å². The molecule has 32 heavy (non-hydrogen) atoms. The number of aromatic nitrogens is 2. The van der Waals surface area contributed by atoms with E-state index in [0.717, 1.165) is 17.0 Å². The minimum atomic E-state index is -0.652. The standard InChI is InChI=1S/C25H27FN4O2/c1-15(2)20(27-23(31)16-8-6-5-7-9-16)21-19-14-30(25(3,4)22(19)29-28-21)24(32)17-10-12-18(26)13-11-17/h5-13,15,20H,14H2,1-4H3,(H,27,31)(H,28,29). The van der Waals surface area contributed by atoms with Crippen LogP contribution in [-0.4, -0.2) is 26.9 Å². The third-order valence-electron chi connectivity index (χ3n) is 6.11. The highest BCUT2D eigenvalue weighted by atomic mass is 19.1. The van der Waals surface area contributed by atoms with Gasteiger partial charge in [-0.3, -0.25) is 14.7 Å². The third kappa shape index (κ3) is 3.79. The van der Waals surface area contributed by atoms with Crippen LogP contribution in [0.1, 0.15) is 71.4 Å². The molecule has 4 rings (SSSR count). The van der Waals surface area contributed by atoms with Gasteiger partial charge in [-0.05, 0) is 56.2 Å². The summed E-state index contributed by atoms with van der Waals surface area (Å²) in [4.78, 5) is 27.8. The molecule has 1 unspecified atom stereocenters. The minimum absolute atomic E-state index is 0.0946. The van der Waals surface area contributed by atoms with Crippen LogP contribution < -0.4 is 5.32 Å². The predicted octanol–water partition coefficient (Wildman–Crippen LogP) is 4.57. The van der Waals surface area contributed by atoms with Crippen molar-refractivity contribution in [3.8, 4) is 0 Å². The molecule has 1 aromatic heterocycles. The van der Waals surface area contributed by atoms with Crippen LogP contribution in [0.15, 0.2) is 54.6 Å². The van der Waals surface area contributed by atoms with Crippen LogP contribution >= 0.6 is 0 Å². The number of nitrogens with one attached hydrogen (secondary N) is 2. The first-order valence-corrected chi connectivity index (χ1v) is 10.7. The molecule has 0 radical (unpaired) electrons. The van der Waals surface area contributed by atoms with Gasteiger partial charge in [-0.1, -0.05) is 32.0 Å². The summed E-state index contributed by atoms with van der Waals surface area (Å²) in [6.45, 7) is 8.31. The molecule has 0 spiro atoms. The molecular formula is C25H27FN4O2. The van der Waals surface area contributed by atoms with Crippen LogP contribution in [0.25, 0.3) is 0 Å². The average molecular weight is 435 g/mol. The Morgan fingerprint density at radius 1 is 1.06 bits per heavy atom. The highest BCUT2D eigenvalue weighted by Crippen LogP contribution is 2.42. The Kier molecular flexibility index (Phi) is 5.59. The number of aromatic amines is 1. The number of H-pyrrole nitrogens is 1. The van der Waals surface area contributed by atoms with Crippen molar-refractivity contribution >= 4 is 11.8 Å². The van der Waals surface area contributed by atoms with Gasteiger partial charge < -0.3 is 10.2 Å². The number of halogens is 1. The predicted molar refractivity (Wildman–Crippen MR) is 119 cm³/mol. The second-order valence-electron chi connectivity index (χ2n) is 8.98. The molecule has 6 nitrogen and oxygen atoms in total. The van der Waals surface area contributed by atoms with E-state index in [1.54, 1.807) is 17.0 Å². The van der Waals surface area contributed by atoms with Gasteiger partial charge in [0.2, 0.25) is 0 Å². The molecule has 166 valence electrons. The lowest BCUT2D eigenvalue weighted by atomic mass is 9.94. The smallest absolute Gasteiger partial charge is 0.254 e. The Hall–Kier alpha value is -3.48. The minimum Gasteiger partial charge on any atom is -0.343 e.